The van der Waals surface area contributed by atoms with Gasteiger partial charge in [-0.2, -0.15) is 0 Å². The molecular weight excluding hydrogens is 538 g/mol. The highest BCUT2D eigenvalue weighted by molar-refractivity contribution is 9.10. The lowest BCUT2D eigenvalue weighted by Crippen LogP contribution is -2.40. The van der Waals surface area contributed by atoms with E-state index in [2.05, 4.69) is 26.2 Å². The number of benzene rings is 2. The van der Waals surface area contributed by atoms with Crippen molar-refractivity contribution in [2.45, 2.75) is 6.04 Å². The maximum absolute atomic E-state index is 15.0. The number of aliphatic hydroxyl groups excluding tert-OH is 1. The number of hydrogen-bond donors (Lipinski definition) is 3. The highest BCUT2D eigenvalue weighted by Crippen LogP contribution is 2.28. The number of amides is 2. The van der Waals surface area contributed by atoms with Gasteiger partial charge in [-0.25, -0.2) is 13.8 Å². The van der Waals surface area contributed by atoms with Gasteiger partial charge in [0, 0.05) is 29.3 Å². The molecule has 0 aliphatic carbocycles. The minimum atomic E-state index is -0.952. The number of nitrogens with one attached hydrogen (secondary N) is 1. The molecule has 1 aliphatic rings. The summed E-state index contributed by atoms with van der Waals surface area (Å²) < 4.78 is 34.5. The summed E-state index contributed by atoms with van der Waals surface area (Å²) in [6, 6.07) is 8.42. The van der Waals surface area contributed by atoms with Gasteiger partial charge in [0.1, 0.15) is 17.5 Å². The molecule has 2 aromatic carbocycles. The van der Waals surface area contributed by atoms with Crippen LogP contribution in [0.5, 0.6) is 0 Å². The Morgan fingerprint density at radius 3 is 2.58 bits per heavy atom. The zero-order valence-electron chi connectivity index (χ0n) is 19.0. The molecule has 36 heavy (non-hydrogen) atoms. The van der Waals surface area contributed by atoms with E-state index in [-0.39, 0.29) is 17.3 Å². The van der Waals surface area contributed by atoms with Crippen LogP contribution < -0.4 is 11.1 Å². The summed E-state index contributed by atoms with van der Waals surface area (Å²) in [4.78, 5) is 31.3. The van der Waals surface area contributed by atoms with Crippen LogP contribution in [-0.4, -0.2) is 59.7 Å². The van der Waals surface area contributed by atoms with E-state index in [1.807, 2.05) is 0 Å². The van der Waals surface area contributed by atoms with E-state index in [0.717, 1.165) is 6.07 Å². The van der Waals surface area contributed by atoms with Gasteiger partial charge in [-0.3, -0.25) is 9.59 Å². The number of aromatic nitrogens is 1. The predicted octanol–water partition coefficient (Wildman–Crippen LogP) is 3.31. The van der Waals surface area contributed by atoms with Crippen molar-refractivity contribution >= 4 is 33.6 Å². The first-order valence-corrected chi connectivity index (χ1v) is 11.9. The minimum Gasteiger partial charge on any atom is -0.394 e. The van der Waals surface area contributed by atoms with Crippen LogP contribution in [0.25, 0.3) is 11.1 Å². The third kappa shape index (κ3) is 5.69. The van der Waals surface area contributed by atoms with Crippen molar-refractivity contribution < 1.29 is 28.2 Å². The average molecular weight is 561 g/mol. The molecular formula is C25H23BrF2N4O4. The number of halogens is 3. The quantitative estimate of drug-likeness (QED) is 0.425. The molecule has 1 aromatic heterocycles. The summed E-state index contributed by atoms with van der Waals surface area (Å²) in [5, 5.41) is 12.2. The van der Waals surface area contributed by atoms with Gasteiger partial charge in [0.15, 0.2) is 0 Å². The van der Waals surface area contributed by atoms with Gasteiger partial charge < -0.3 is 25.8 Å². The Morgan fingerprint density at radius 1 is 1.17 bits per heavy atom. The first-order valence-electron chi connectivity index (χ1n) is 11.1. The second-order valence-electron chi connectivity index (χ2n) is 8.17. The number of ether oxygens (including phenoxy) is 1. The molecule has 1 unspecified atom stereocenters. The number of aliphatic hydroxyl groups is 1. The molecule has 1 saturated heterocycles. The molecule has 4 rings (SSSR count). The molecule has 0 spiro atoms. The molecule has 4 N–H and O–H groups in total. The number of pyridine rings is 1. The lowest BCUT2D eigenvalue weighted by atomic mass is 10.0. The third-order valence-electron chi connectivity index (χ3n) is 5.76. The Morgan fingerprint density at radius 2 is 1.92 bits per heavy atom. The average Bonchev–Trinajstić information content (AvgIpc) is 2.86. The predicted molar refractivity (Wildman–Crippen MR) is 132 cm³/mol. The second-order valence-corrected chi connectivity index (χ2v) is 9.08. The molecule has 0 saturated carbocycles. The van der Waals surface area contributed by atoms with Crippen molar-refractivity contribution in [3.8, 4) is 11.1 Å². The minimum absolute atomic E-state index is 0.0992. The first kappa shape index (κ1) is 25.7. The number of rotatable bonds is 6. The molecule has 8 nitrogen and oxygen atoms in total. The largest absolute Gasteiger partial charge is 0.394 e. The monoisotopic (exact) mass is 560 g/mol. The van der Waals surface area contributed by atoms with E-state index in [1.54, 1.807) is 11.0 Å². The van der Waals surface area contributed by atoms with Crippen LogP contribution in [0.15, 0.2) is 53.1 Å². The normalized spacial score (nSPS) is 14.4. The van der Waals surface area contributed by atoms with Crippen LogP contribution in [-0.2, 0) is 4.74 Å². The van der Waals surface area contributed by atoms with Crippen molar-refractivity contribution in [2.75, 3.05) is 38.6 Å². The van der Waals surface area contributed by atoms with Gasteiger partial charge in [-0.1, -0.05) is 22.0 Å². The van der Waals surface area contributed by atoms with E-state index < -0.39 is 30.2 Å². The summed E-state index contributed by atoms with van der Waals surface area (Å²) >= 11 is 3.17. The van der Waals surface area contributed by atoms with Crippen molar-refractivity contribution in [3.05, 3.63) is 81.5 Å². The summed E-state index contributed by atoms with van der Waals surface area (Å²) in [6.07, 6.45) is 1.37. The highest BCUT2D eigenvalue weighted by Gasteiger charge is 2.22. The fourth-order valence-electron chi connectivity index (χ4n) is 3.89. The van der Waals surface area contributed by atoms with Crippen LogP contribution in [0.1, 0.15) is 32.3 Å². The number of morpholine rings is 1. The van der Waals surface area contributed by atoms with Crippen LogP contribution in [0.2, 0.25) is 0 Å². The number of nitrogens with two attached hydrogens (primary N) is 1. The Hall–Kier alpha value is -3.41. The summed E-state index contributed by atoms with van der Waals surface area (Å²) in [5.74, 6) is -2.32. The second kappa shape index (κ2) is 11.1. The zero-order valence-corrected chi connectivity index (χ0v) is 20.6. The summed E-state index contributed by atoms with van der Waals surface area (Å²) in [7, 11) is 0. The standard InChI is InChI=1S/C25H23BrF2N4O4/c26-17-7-15(8-18(27)11-17)22(13-33)31-24(34)19-2-1-14(10-21(19)28)20-9-16(12-30-23(20)29)25(35)32-3-5-36-6-4-32/h1-2,7-12,22,33H,3-6,13H2,(H2,29,30)(H,31,34). The van der Waals surface area contributed by atoms with Gasteiger partial charge in [0.2, 0.25) is 0 Å². The number of nitrogens with zero attached hydrogens (tertiary/aromatic N) is 2. The molecule has 3 aromatic rings. The number of nitrogen functional groups attached to an aromatic ring is 1. The van der Waals surface area contributed by atoms with Gasteiger partial charge in [-0.05, 0) is 47.5 Å². The number of carbonyl (C=O) groups is 2. The van der Waals surface area contributed by atoms with Crippen LogP contribution in [0, 0.1) is 11.6 Å². The molecule has 188 valence electrons. The summed E-state index contributed by atoms with van der Waals surface area (Å²) in [6.45, 7) is 1.29. The topological polar surface area (TPSA) is 118 Å². The van der Waals surface area contributed by atoms with E-state index >= 15 is 4.39 Å². The third-order valence-corrected chi connectivity index (χ3v) is 6.22. The maximum atomic E-state index is 15.0. The zero-order chi connectivity index (χ0) is 25.8. The molecule has 11 heteroatoms. The molecule has 0 radical (unpaired) electrons. The molecule has 2 heterocycles. The van der Waals surface area contributed by atoms with E-state index in [0.29, 0.717) is 53.0 Å². The van der Waals surface area contributed by atoms with Gasteiger partial charge >= 0.3 is 0 Å². The fraction of sp³-hybridized carbons (Fsp3) is 0.240. The molecule has 1 atom stereocenters. The van der Waals surface area contributed by atoms with E-state index in [4.69, 9.17) is 10.5 Å². The van der Waals surface area contributed by atoms with Crippen LogP contribution in [0.3, 0.4) is 0 Å². The maximum Gasteiger partial charge on any atom is 0.255 e. The van der Waals surface area contributed by atoms with Crippen molar-refractivity contribution in [1.29, 1.82) is 0 Å². The van der Waals surface area contributed by atoms with Crippen LogP contribution in [0.4, 0.5) is 14.6 Å². The van der Waals surface area contributed by atoms with Crippen LogP contribution >= 0.6 is 15.9 Å². The Kier molecular flexibility index (Phi) is 7.92. The lowest BCUT2D eigenvalue weighted by Gasteiger charge is -2.27. The Bertz CT molecular complexity index is 1280. The van der Waals surface area contributed by atoms with Gasteiger partial charge in [-0.15, -0.1) is 0 Å². The highest BCUT2D eigenvalue weighted by atomic mass is 79.9. The SMILES string of the molecule is Nc1ncc(C(=O)N2CCOCC2)cc1-c1ccc(C(=O)NC(CO)c2cc(F)cc(Br)c2)c(F)c1. The fourth-order valence-corrected chi connectivity index (χ4v) is 4.37. The summed E-state index contributed by atoms with van der Waals surface area (Å²) in [5.41, 5.74) is 7.02. The molecule has 1 fully saturated rings. The molecule has 0 bridgehead atoms. The van der Waals surface area contributed by atoms with Crippen molar-refractivity contribution in [3.63, 3.8) is 0 Å². The first-order chi connectivity index (χ1) is 17.3. The smallest absolute Gasteiger partial charge is 0.255 e. The molecule has 1 aliphatic heterocycles. The number of anilines is 1. The van der Waals surface area contributed by atoms with Gasteiger partial charge in [0.25, 0.3) is 11.8 Å². The Labute approximate surface area is 214 Å². The van der Waals surface area contributed by atoms with E-state index in [1.165, 1.54) is 36.5 Å². The van der Waals surface area contributed by atoms with E-state index in [9.17, 15) is 19.1 Å². The van der Waals surface area contributed by atoms with Crippen molar-refractivity contribution in [2.24, 2.45) is 0 Å². The van der Waals surface area contributed by atoms with Gasteiger partial charge in [0.05, 0.1) is 37.0 Å². The lowest BCUT2D eigenvalue weighted by molar-refractivity contribution is 0.0302. The van der Waals surface area contributed by atoms with Crippen molar-refractivity contribution in [1.82, 2.24) is 15.2 Å². The molecule has 2 amide bonds. The number of hydrogen-bond acceptors (Lipinski definition) is 6. The number of carbonyl (C=O) groups excluding carboxylic acids is 2. The Balaban J connectivity index is 1.56.